The standard InChI is InChI=1S/C10H6BrNO2/c11-9-4-3-8(14-9)10(13)7-2-1-5-12-6-7/h1-6H. The quantitative estimate of drug-likeness (QED) is 0.771. The Bertz CT molecular complexity index is 450. The van der Waals surface area contributed by atoms with E-state index in [2.05, 4.69) is 20.9 Å². The highest BCUT2D eigenvalue weighted by atomic mass is 79.9. The van der Waals surface area contributed by atoms with E-state index in [0.717, 1.165) is 0 Å². The van der Waals surface area contributed by atoms with Gasteiger partial charge in [0, 0.05) is 18.0 Å². The Kier molecular flexibility index (Phi) is 2.45. The molecule has 0 fully saturated rings. The maximum Gasteiger partial charge on any atom is 0.229 e. The third-order valence-corrected chi connectivity index (χ3v) is 2.15. The number of aromatic nitrogens is 1. The van der Waals surface area contributed by atoms with Crippen molar-refractivity contribution >= 4 is 21.7 Å². The Morgan fingerprint density at radius 1 is 1.36 bits per heavy atom. The number of hydrogen-bond donors (Lipinski definition) is 0. The second-order valence-corrected chi connectivity index (χ2v) is 3.46. The van der Waals surface area contributed by atoms with Gasteiger partial charge in [-0.25, -0.2) is 0 Å². The number of rotatable bonds is 2. The third-order valence-electron chi connectivity index (χ3n) is 1.72. The van der Waals surface area contributed by atoms with E-state index in [9.17, 15) is 4.79 Å². The van der Waals surface area contributed by atoms with Gasteiger partial charge in [-0.1, -0.05) is 0 Å². The smallest absolute Gasteiger partial charge is 0.229 e. The van der Waals surface area contributed by atoms with Gasteiger partial charge in [0.15, 0.2) is 10.4 Å². The van der Waals surface area contributed by atoms with E-state index in [4.69, 9.17) is 4.42 Å². The molecule has 3 nitrogen and oxygen atoms in total. The second-order valence-electron chi connectivity index (χ2n) is 2.67. The van der Waals surface area contributed by atoms with Gasteiger partial charge in [-0.15, -0.1) is 0 Å². The molecule has 0 saturated heterocycles. The first-order valence-electron chi connectivity index (χ1n) is 3.97. The molecule has 0 saturated carbocycles. The van der Waals surface area contributed by atoms with E-state index in [1.807, 2.05) is 0 Å². The molecule has 0 amide bonds. The van der Waals surface area contributed by atoms with E-state index >= 15 is 0 Å². The van der Waals surface area contributed by atoms with Crippen LogP contribution in [0.25, 0.3) is 0 Å². The molecule has 0 spiro atoms. The number of ketones is 1. The maximum absolute atomic E-state index is 11.7. The molecule has 2 rings (SSSR count). The molecule has 0 unspecified atom stereocenters. The van der Waals surface area contributed by atoms with E-state index in [0.29, 0.717) is 16.0 Å². The number of nitrogens with zero attached hydrogens (tertiary/aromatic N) is 1. The fraction of sp³-hybridized carbons (Fsp3) is 0. The summed E-state index contributed by atoms with van der Waals surface area (Å²) < 4.78 is 5.69. The normalized spacial score (nSPS) is 10.1. The lowest BCUT2D eigenvalue weighted by Gasteiger charge is -1.94. The van der Waals surface area contributed by atoms with Crippen LogP contribution >= 0.6 is 15.9 Å². The average molecular weight is 252 g/mol. The summed E-state index contributed by atoms with van der Waals surface area (Å²) in [6, 6.07) is 6.72. The number of pyridine rings is 1. The molecule has 0 N–H and O–H groups in total. The monoisotopic (exact) mass is 251 g/mol. The minimum absolute atomic E-state index is 0.163. The lowest BCUT2D eigenvalue weighted by molar-refractivity contribution is 0.101. The summed E-state index contributed by atoms with van der Waals surface area (Å²) in [6.07, 6.45) is 3.13. The number of carbonyl (C=O) groups excluding carboxylic acids is 1. The van der Waals surface area contributed by atoms with Gasteiger partial charge in [0.05, 0.1) is 0 Å². The summed E-state index contributed by atoms with van der Waals surface area (Å²) in [5.74, 6) is 0.147. The van der Waals surface area contributed by atoms with Crippen LogP contribution in [0.2, 0.25) is 0 Å². The molecule has 0 aliphatic carbocycles. The number of carbonyl (C=O) groups is 1. The zero-order valence-corrected chi connectivity index (χ0v) is 8.69. The van der Waals surface area contributed by atoms with Gasteiger partial charge in [-0.2, -0.15) is 0 Å². The van der Waals surface area contributed by atoms with Crippen molar-refractivity contribution in [1.29, 1.82) is 0 Å². The van der Waals surface area contributed by atoms with Crippen LogP contribution in [0.3, 0.4) is 0 Å². The topological polar surface area (TPSA) is 43.1 Å². The summed E-state index contributed by atoms with van der Waals surface area (Å²) in [5, 5.41) is 0. The Labute approximate surface area is 88.9 Å². The van der Waals surface area contributed by atoms with Crippen LogP contribution in [0.4, 0.5) is 0 Å². The summed E-state index contributed by atoms with van der Waals surface area (Å²) in [4.78, 5) is 15.6. The first-order chi connectivity index (χ1) is 6.77. The van der Waals surface area contributed by atoms with Crippen molar-refractivity contribution in [3.8, 4) is 0 Å². The Morgan fingerprint density at radius 3 is 2.79 bits per heavy atom. The third kappa shape index (κ3) is 1.75. The molecule has 0 aromatic carbocycles. The molecule has 0 radical (unpaired) electrons. The molecule has 14 heavy (non-hydrogen) atoms. The van der Waals surface area contributed by atoms with Crippen LogP contribution in [0.5, 0.6) is 0 Å². The van der Waals surface area contributed by atoms with Gasteiger partial charge >= 0.3 is 0 Å². The highest BCUT2D eigenvalue weighted by Gasteiger charge is 2.12. The summed E-state index contributed by atoms with van der Waals surface area (Å²) in [6.45, 7) is 0. The Hall–Kier alpha value is -1.42. The van der Waals surface area contributed by atoms with Crippen molar-refractivity contribution < 1.29 is 9.21 Å². The van der Waals surface area contributed by atoms with Crippen molar-refractivity contribution in [1.82, 2.24) is 4.98 Å². The maximum atomic E-state index is 11.7. The van der Waals surface area contributed by atoms with E-state index < -0.39 is 0 Å². The fourth-order valence-electron chi connectivity index (χ4n) is 1.08. The second kappa shape index (κ2) is 3.75. The van der Waals surface area contributed by atoms with Gasteiger partial charge < -0.3 is 4.42 Å². The molecule has 0 aliphatic heterocycles. The first-order valence-corrected chi connectivity index (χ1v) is 4.77. The lowest BCUT2D eigenvalue weighted by atomic mass is 10.1. The molecule has 4 heteroatoms. The molecule has 0 bridgehead atoms. The number of furan rings is 1. The molecule has 2 aromatic heterocycles. The largest absolute Gasteiger partial charge is 0.446 e. The average Bonchev–Trinajstić information content (AvgIpc) is 2.65. The minimum atomic E-state index is -0.163. The van der Waals surface area contributed by atoms with E-state index in [1.165, 1.54) is 6.20 Å². The van der Waals surface area contributed by atoms with Crippen molar-refractivity contribution in [3.05, 3.63) is 52.7 Å². The van der Waals surface area contributed by atoms with Crippen LogP contribution in [0.15, 0.2) is 45.7 Å². The van der Waals surface area contributed by atoms with Crippen molar-refractivity contribution in [2.45, 2.75) is 0 Å². The van der Waals surface area contributed by atoms with Crippen molar-refractivity contribution in [3.63, 3.8) is 0 Å². The fourth-order valence-corrected chi connectivity index (χ4v) is 1.38. The molecule has 0 aliphatic rings. The zero-order chi connectivity index (χ0) is 9.97. The first kappa shape index (κ1) is 9.15. The van der Waals surface area contributed by atoms with Crippen LogP contribution in [0, 0.1) is 0 Å². The highest BCUT2D eigenvalue weighted by Crippen LogP contribution is 2.16. The molecule has 2 aromatic rings. The van der Waals surface area contributed by atoms with Gasteiger partial charge in [0.25, 0.3) is 0 Å². The molecule has 0 atom stereocenters. The molecule has 2 heterocycles. The van der Waals surface area contributed by atoms with Crippen molar-refractivity contribution in [2.75, 3.05) is 0 Å². The number of halogens is 1. The summed E-state index contributed by atoms with van der Waals surface area (Å²) in [5.41, 5.74) is 0.523. The molecule has 70 valence electrons. The molecular weight excluding hydrogens is 246 g/mol. The summed E-state index contributed by atoms with van der Waals surface area (Å²) >= 11 is 3.14. The van der Waals surface area contributed by atoms with E-state index in [-0.39, 0.29) is 5.78 Å². The number of hydrogen-bond acceptors (Lipinski definition) is 3. The van der Waals surface area contributed by atoms with Crippen LogP contribution in [-0.2, 0) is 0 Å². The Morgan fingerprint density at radius 2 is 2.21 bits per heavy atom. The highest BCUT2D eigenvalue weighted by molar-refractivity contribution is 9.10. The van der Waals surface area contributed by atoms with Crippen LogP contribution in [0.1, 0.15) is 16.1 Å². The summed E-state index contributed by atoms with van der Waals surface area (Å²) in [7, 11) is 0. The van der Waals surface area contributed by atoms with Crippen LogP contribution in [-0.4, -0.2) is 10.8 Å². The Balaban J connectivity index is 2.34. The lowest BCUT2D eigenvalue weighted by Crippen LogP contribution is -1.99. The SMILES string of the molecule is O=C(c1cccnc1)c1ccc(Br)o1. The van der Waals surface area contributed by atoms with Crippen molar-refractivity contribution in [2.24, 2.45) is 0 Å². The predicted octanol–water partition coefficient (Wildman–Crippen LogP) is 2.67. The van der Waals surface area contributed by atoms with Crippen LogP contribution < -0.4 is 0 Å². The molecular formula is C10H6BrNO2. The zero-order valence-electron chi connectivity index (χ0n) is 7.11. The van der Waals surface area contributed by atoms with E-state index in [1.54, 1.807) is 30.5 Å². The predicted molar refractivity (Wildman–Crippen MR) is 54.1 cm³/mol. The van der Waals surface area contributed by atoms with Gasteiger partial charge in [-0.3, -0.25) is 9.78 Å². The minimum Gasteiger partial charge on any atom is -0.446 e. The van der Waals surface area contributed by atoms with Gasteiger partial charge in [0.1, 0.15) is 0 Å². The van der Waals surface area contributed by atoms with Gasteiger partial charge in [0.2, 0.25) is 5.78 Å². The van der Waals surface area contributed by atoms with Gasteiger partial charge in [-0.05, 0) is 40.2 Å².